The highest BCUT2D eigenvalue weighted by molar-refractivity contribution is 7.89. The van der Waals surface area contributed by atoms with Crippen LogP contribution >= 0.6 is 0 Å². The predicted molar refractivity (Wildman–Crippen MR) is 195 cm³/mol. The van der Waals surface area contributed by atoms with Crippen LogP contribution in [0.1, 0.15) is 5.56 Å². The van der Waals surface area contributed by atoms with E-state index in [1.807, 2.05) is 30.3 Å². The Kier molecular flexibility index (Phi) is 9.42. The number of hydrogen-bond acceptors (Lipinski definition) is 9. The van der Waals surface area contributed by atoms with Crippen LogP contribution in [-0.4, -0.2) is 81.2 Å². The highest BCUT2D eigenvalue weighted by Gasteiger charge is 2.37. The molecule has 1 aliphatic heterocycles. The van der Waals surface area contributed by atoms with Crippen LogP contribution in [-0.2, 0) is 31.4 Å². The second-order valence-corrected chi connectivity index (χ2v) is 15.8. The first-order chi connectivity index (χ1) is 24.6. The van der Waals surface area contributed by atoms with E-state index in [4.69, 9.17) is 4.18 Å². The van der Waals surface area contributed by atoms with E-state index in [1.165, 1.54) is 43.7 Å². The maximum absolute atomic E-state index is 14.3. The van der Waals surface area contributed by atoms with E-state index >= 15 is 0 Å². The first kappa shape index (κ1) is 34.1. The summed E-state index contributed by atoms with van der Waals surface area (Å²) in [6, 6.07) is 28.3. The maximum atomic E-state index is 14.3. The van der Waals surface area contributed by atoms with Crippen LogP contribution in [0, 0.1) is 0 Å². The molecule has 13 heteroatoms. The third-order valence-corrected chi connectivity index (χ3v) is 12.4. The minimum atomic E-state index is -4.19. The summed E-state index contributed by atoms with van der Waals surface area (Å²) in [5.41, 5.74) is 1.69. The molecule has 0 saturated carbocycles. The minimum Gasteiger partial charge on any atom is -0.379 e. The lowest BCUT2D eigenvalue weighted by Gasteiger charge is -2.39. The number of likely N-dealkylation sites (N-methyl/N-ethyl adjacent to an activating group) is 1. The van der Waals surface area contributed by atoms with Gasteiger partial charge in [-0.1, -0.05) is 54.6 Å². The molecule has 3 heterocycles. The van der Waals surface area contributed by atoms with Crippen molar-refractivity contribution in [2.24, 2.45) is 0 Å². The third kappa shape index (κ3) is 7.00. The van der Waals surface area contributed by atoms with Crippen molar-refractivity contribution in [1.82, 2.24) is 19.2 Å². The molecule has 1 amide bonds. The molecule has 2 aromatic heterocycles. The van der Waals surface area contributed by atoms with Crippen LogP contribution in [0.2, 0.25) is 0 Å². The molecule has 6 aromatic rings. The lowest BCUT2D eigenvalue weighted by Crippen LogP contribution is -2.56. The average molecular weight is 722 g/mol. The number of carbonyl (C=O) groups excluding carboxylic acids is 1. The summed E-state index contributed by atoms with van der Waals surface area (Å²) < 4.78 is 61.8. The van der Waals surface area contributed by atoms with Gasteiger partial charge in [-0.15, -0.1) is 0 Å². The summed E-state index contributed by atoms with van der Waals surface area (Å²) in [7, 11) is -6.93. The quantitative estimate of drug-likeness (QED) is 0.177. The van der Waals surface area contributed by atoms with E-state index in [0.717, 1.165) is 9.99 Å². The van der Waals surface area contributed by atoms with E-state index in [1.54, 1.807) is 65.8 Å². The third-order valence-electron chi connectivity index (χ3n) is 9.20. The Morgan fingerprint density at radius 2 is 1.31 bits per heavy atom. The number of carbonyl (C=O) groups is 1. The minimum absolute atomic E-state index is 0.0144. The largest absolute Gasteiger partial charge is 0.379 e. The smallest absolute Gasteiger partial charge is 0.339 e. The van der Waals surface area contributed by atoms with Gasteiger partial charge in [-0.2, -0.15) is 12.7 Å². The standard InChI is InChI=1S/C38H35N5O6S2/c1-41(50(45,46)36-11-5-7-29-26-39-19-17-33(29)36)35(38(44)43-23-21-42(22-24-43)31-9-3-2-4-10-31)25-28-13-15-32(16-14-28)49-51(47,48)37-12-6-8-30-27-40-20-18-34(30)37/h2-20,26-27,35H,21-25H2,1H3/t35-/m1/s1. The van der Waals surface area contributed by atoms with Gasteiger partial charge < -0.3 is 14.0 Å². The Morgan fingerprint density at radius 1 is 0.725 bits per heavy atom. The Labute approximate surface area is 296 Å². The highest BCUT2D eigenvalue weighted by Crippen LogP contribution is 2.29. The second kappa shape index (κ2) is 14.1. The average Bonchev–Trinajstić information content (AvgIpc) is 3.17. The summed E-state index contributed by atoms with van der Waals surface area (Å²) >= 11 is 0. The fourth-order valence-corrected chi connectivity index (χ4v) is 9.11. The van der Waals surface area contributed by atoms with Crippen LogP contribution in [0.25, 0.3) is 21.5 Å². The second-order valence-electron chi connectivity index (χ2n) is 12.3. The zero-order chi connectivity index (χ0) is 35.6. The summed E-state index contributed by atoms with van der Waals surface area (Å²) in [4.78, 5) is 26.5. The monoisotopic (exact) mass is 721 g/mol. The molecule has 0 spiro atoms. The molecule has 51 heavy (non-hydrogen) atoms. The number of anilines is 1. The van der Waals surface area contributed by atoms with Crippen LogP contribution in [0.5, 0.6) is 5.75 Å². The SMILES string of the molecule is CN([C@H](Cc1ccc(OS(=O)(=O)c2cccc3cnccc23)cc1)C(=O)N1CCN(c2ccccc2)CC1)S(=O)(=O)c1cccc2cnccc12. The molecule has 4 aromatic carbocycles. The van der Waals surface area contributed by atoms with Gasteiger partial charge in [0.15, 0.2) is 0 Å². The van der Waals surface area contributed by atoms with Gasteiger partial charge in [0.05, 0.1) is 4.90 Å². The number of benzene rings is 4. The Morgan fingerprint density at radius 3 is 1.94 bits per heavy atom. The van der Waals surface area contributed by atoms with Crippen molar-refractivity contribution in [3.05, 3.63) is 133 Å². The number of para-hydroxylation sites is 1. The summed E-state index contributed by atoms with van der Waals surface area (Å²) in [6.07, 6.45) is 6.29. The van der Waals surface area contributed by atoms with Gasteiger partial charge in [0, 0.05) is 85.2 Å². The number of amides is 1. The highest BCUT2D eigenvalue weighted by atomic mass is 32.2. The van der Waals surface area contributed by atoms with Crippen molar-refractivity contribution in [3.8, 4) is 5.75 Å². The molecular formula is C38H35N5O6S2. The first-order valence-corrected chi connectivity index (χ1v) is 19.2. The van der Waals surface area contributed by atoms with E-state index in [0.29, 0.717) is 53.3 Å². The van der Waals surface area contributed by atoms with Crippen molar-refractivity contribution in [3.63, 3.8) is 0 Å². The molecule has 0 radical (unpaired) electrons. The molecule has 1 fully saturated rings. The molecule has 260 valence electrons. The summed E-state index contributed by atoms with van der Waals surface area (Å²) in [5.74, 6) is -0.237. The fourth-order valence-electron chi connectivity index (χ4n) is 6.43. The van der Waals surface area contributed by atoms with Gasteiger partial charge in [0.25, 0.3) is 0 Å². The van der Waals surface area contributed by atoms with Crippen molar-refractivity contribution in [1.29, 1.82) is 0 Å². The van der Waals surface area contributed by atoms with Gasteiger partial charge in [-0.3, -0.25) is 14.8 Å². The predicted octanol–water partition coefficient (Wildman–Crippen LogP) is 5.13. The molecule has 1 atom stereocenters. The lowest BCUT2D eigenvalue weighted by atomic mass is 10.0. The molecule has 11 nitrogen and oxygen atoms in total. The number of piperazine rings is 1. The number of rotatable bonds is 10. The van der Waals surface area contributed by atoms with Gasteiger partial charge in [0.1, 0.15) is 16.7 Å². The normalized spacial score (nSPS) is 14.5. The van der Waals surface area contributed by atoms with Crippen LogP contribution in [0.4, 0.5) is 5.69 Å². The maximum Gasteiger partial charge on any atom is 0.339 e. The van der Waals surface area contributed by atoms with E-state index in [2.05, 4.69) is 14.9 Å². The zero-order valence-electron chi connectivity index (χ0n) is 27.7. The fraction of sp³-hybridized carbons (Fsp3) is 0.184. The Bertz CT molecular complexity index is 2410. The van der Waals surface area contributed by atoms with E-state index in [-0.39, 0.29) is 27.9 Å². The first-order valence-electron chi connectivity index (χ1n) is 16.4. The number of hydrogen-bond donors (Lipinski definition) is 0. The molecule has 0 bridgehead atoms. The lowest BCUT2D eigenvalue weighted by molar-refractivity contribution is -0.135. The molecule has 1 saturated heterocycles. The summed E-state index contributed by atoms with van der Waals surface area (Å²) in [6.45, 7) is 2.05. The van der Waals surface area contributed by atoms with E-state index in [9.17, 15) is 21.6 Å². The molecule has 7 rings (SSSR count). The van der Waals surface area contributed by atoms with E-state index < -0.39 is 26.2 Å². The van der Waals surface area contributed by atoms with Crippen molar-refractivity contribution in [2.75, 3.05) is 38.1 Å². The van der Waals surface area contributed by atoms with Crippen molar-refractivity contribution in [2.45, 2.75) is 22.3 Å². The number of fused-ring (bicyclic) bond motifs is 2. The molecule has 0 unspecified atom stereocenters. The van der Waals surface area contributed by atoms with Crippen LogP contribution in [0.3, 0.4) is 0 Å². The zero-order valence-corrected chi connectivity index (χ0v) is 29.4. The Hall–Kier alpha value is -5.37. The van der Waals surface area contributed by atoms with Gasteiger partial charge in [-0.25, -0.2) is 8.42 Å². The summed E-state index contributed by atoms with van der Waals surface area (Å²) in [5, 5.41) is 2.32. The molecule has 1 aliphatic rings. The van der Waals surface area contributed by atoms with Gasteiger partial charge in [0.2, 0.25) is 15.9 Å². The number of aromatic nitrogens is 2. The molecule has 0 aliphatic carbocycles. The van der Waals surface area contributed by atoms with Crippen molar-refractivity contribution < 1.29 is 25.8 Å². The van der Waals surface area contributed by atoms with Crippen LogP contribution in [0.15, 0.2) is 138 Å². The van der Waals surface area contributed by atoms with Gasteiger partial charge in [-0.05, 0) is 60.5 Å². The number of nitrogens with zero attached hydrogens (tertiary/aromatic N) is 5. The van der Waals surface area contributed by atoms with Gasteiger partial charge >= 0.3 is 10.1 Å². The topological polar surface area (TPSA) is 130 Å². The van der Waals surface area contributed by atoms with Crippen LogP contribution < -0.4 is 9.08 Å². The Balaban J connectivity index is 1.16. The number of pyridine rings is 2. The number of sulfonamides is 1. The van der Waals surface area contributed by atoms with Crippen molar-refractivity contribution >= 4 is 53.3 Å². The molecular weight excluding hydrogens is 687 g/mol. The molecule has 0 N–H and O–H groups in total.